The molecular formula is C15H18F2N2O. The molecule has 1 aromatic rings. The van der Waals surface area contributed by atoms with E-state index in [1.807, 2.05) is 0 Å². The molecule has 1 aliphatic carbocycles. The highest BCUT2D eigenvalue weighted by molar-refractivity contribution is 5.95. The maximum absolute atomic E-state index is 14.0. The van der Waals surface area contributed by atoms with Crippen LogP contribution in [0.4, 0.5) is 14.5 Å². The molecule has 108 valence electrons. The third-order valence-corrected chi connectivity index (χ3v) is 4.57. The summed E-state index contributed by atoms with van der Waals surface area (Å²) in [6, 6.07) is 2.03. The first-order chi connectivity index (χ1) is 9.58. The summed E-state index contributed by atoms with van der Waals surface area (Å²) in [4.78, 5) is 14.2. The van der Waals surface area contributed by atoms with E-state index in [2.05, 4.69) is 0 Å². The van der Waals surface area contributed by atoms with Crippen LogP contribution in [-0.4, -0.2) is 23.4 Å². The average molecular weight is 280 g/mol. The van der Waals surface area contributed by atoms with E-state index in [-0.39, 0.29) is 17.3 Å². The highest BCUT2D eigenvalue weighted by atomic mass is 19.1. The number of nitrogen functional groups attached to an aromatic ring is 1. The Morgan fingerprint density at radius 2 is 1.95 bits per heavy atom. The lowest BCUT2D eigenvalue weighted by atomic mass is 9.85. The van der Waals surface area contributed by atoms with Crippen molar-refractivity contribution < 1.29 is 13.6 Å². The van der Waals surface area contributed by atoms with Gasteiger partial charge in [0.05, 0.1) is 11.3 Å². The monoisotopic (exact) mass is 280 g/mol. The maximum atomic E-state index is 14.0. The summed E-state index contributed by atoms with van der Waals surface area (Å²) in [5, 5.41) is 0. The summed E-state index contributed by atoms with van der Waals surface area (Å²) in [6.45, 7) is 0.629. The SMILES string of the molecule is Nc1cc(F)cc(C(=O)N2CCC3CCCCC32)c1F. The normalized spacial score (nSPS) is 25.6. The predicted molar refractivity (Wildman–Crippen MR) is 72.2 cm³/mol. The summed E-state index contributed by atoms with van der Waals surface area (Å²) >= 11 is 0. The second kappa shape index (κ2) is 5.04. The number of benzene rings is 1. The number of hydrogen-bond donors (Lipinski definition) is 1. The number of likely N-dealkylation sites (tertiary alicyclic amines) is 1. The van der Waals surface area contributed by atoms with Crippen LogP contribution in [0, 0.1) is 17.6 Å². The molecule has 1 amide bonds. The van der Waals surface area contributed by atoms with Gasteiger partial charge in [0.1, 0.15) is 5.82 Å². The van der Waals surface area contributed by atoms with Crippen molar-refractivity contribution in [3.05, 3.63) is 29.3 Å². The van der Waals surface area contributed by atoms with Gasteiger partial charge in [-0.1, -0.05) is 12.8 Å². The summed E-state index contributed by atoms with van der Waals surface area (Å²) in [6.07, 6.45) is 5.34. The van der Waals surface area contributed by atoms with Crippen LogP contribution in [0.25, 0.3) is 0 Å². The summed E-state index contributed by atoms with van der Waals surface area (Å²) in [5.74, 6) is -1.40. The van der Waals surface area contributed by atoms with Crippen molar-refractivity contribution in [3.63, 3.8) is 0 Å². The van der Waals surface area contributed by atoms with Crippen molar-refractivity contribution >= 4 is 11.6 Å². The number of carbonyl (C=O) groups is 1. The van der Waals surface area contributed by atoms with Gasteiger partial charge in [-0.05, 0) is 37.3 Å². The molecule has 2 fully saturated rings. The number of amides is 1. The van der Waals surface area contributed by atoms with Gasteiger partial charge in [0, 0.05) is 12.6 Å². The fraction of sp³-hybridized carbons (Fsp3) is 0.533. The zero-order chi connectivity index (χ0) is 14.3. The maximum Gasteiger partial charge on any atom is 0.257 e. The van der Waals surface area contributed by atoms with Crippen molar-refractivity contribution in [2.45, 2.75) is 38.1 Å². The molecule has 0 spiro atoms. The van der Waals surface area contributed by atoms with E-state index in [1.54, 1.807) is 4.90 Å². The van der Waals surface area contributed by atoms with Crippen LogP contribution >= 0.6 is 0 Å². The number of anilines is 1. The number of fused-ring (bicyclic) bond motifs is 1. The molecule has 1 heterocycles. The Morgan fingerprint density at radius 3 is 2.75 bits per heavy atom. The van der Waals surface area contributed by atoms with Gasteiger partial charge in [0.2, 0.25) is 0 Å². The van der Waals surface area contributed by atoms with E-state index in [4.69, 9.17) is 5.73 Å². The van der Waals surface area contributed by atoms with Crippen LogP contribution in [-0.2, 0) is 0 Å². The Hall–Kier alpha value is -1.65. The van der Waals surface area contributed by atoms with Crippen LogP contribution in [0.3, 0.4) is 0 Å². The molecule has 1 saturated heterocycles. The molecule has 1 aromatic carbocycles. The molecule has 1 aliphatic heterocycles. The van der Waals surface area contributed by atoms with Crippen molar-refractivity contribution in [1.29, 1.82) is 0 Å². The van der Waals surface area contributed by atoms with Gasteiger partial charge in [0.25, 0.3) is 5.91 Å². The molecule has 0 aromatic heterocycles. The summed E-state index contributed by atoms with van der Waals surface area (Å²) in [7, 11) is 0. The van der Waals surface area contributed by atoms with Crippen molar-refractivity contribution in [2.75, 3.05) is 12.3 Å². The average Bonchev–Trinajstić information content (AvgIpc) is 2.86. The predicted octanol–water partition coefficient (Wildman–Crippen LogP) is 2.95. The summed E-state index contributed by atoms with van der Waals surface area (Å²) < 4.78 is 27.3. The van der Waals surface area contributed by atoms with Crippen LogP contribution in [0.2, 0.25) is 0 Å². The largest absolute Gasteiger partial charge is 0.396 e. The van der Waals surface area contributed by atoms with E-state index >= 15 is 0 Å². The Balaban J connectivity index is 1.89. The standard InChI is InChI=1S/C15H18F2N2O/c16-10-7-11(14(17)12(18)8-10)15(20)19-6-5-9-3-1-2-4-13(9)19/h7-9,13H,1-6,18H2. The van der Waals surface area contributed by atoms with Crippen LogP contribution in [0.5, 0.6) is 0 Å². The second-order valence-corrected chi connectivity index (χ2v) is 5.76. The molecule has 0 bridgehead atoms. The highest BCUT2D eigenvalue weighted by Crippen LogP contribution is 2.37. The zero-order valence-corrected chi connectivity index (χ0v) is 11.2. The fourth-order valence-electron chi connectivity index (χ4n) is 3.58. The van der Waals surface area contributed by atoms with Gasteiger partial charge in [-0.3, -0.25) is 4.79 Å². The quantitative estimate of drug-likeness (QED) is 0.804. The first-order valence-corrected chi connectivity index (χ1v) is 7.13. The minimum Gasteiger partial charge on any atom is -0.396 e. The number of hydrogen-bond acceptors (Lipinski definition) is 2. The second-order valence-electron chi connectivity index (χ2n) is 5.76. The molecule has 2 aliphatic rings. The number of rotatable bonds is 1. The van der Waals surface area contributed by atoms with Crippen LogP contribution < -0.4 is 5.73 Å². The number of nitrogens with zero attached hydrogens (tertiary/aromatic N) is 1. The molecule has 3 nitrogen and oxygen atoms in total. The Morgan fingerprint density at radius 1 is 1.20 bits per heavy atom. The molecule has 0 radical (unpaired) electrons. The molecule has 3 rings (SSSR count). The lowest BCUT2D eigenvalue weighted by molar-refractivity contribution is 0.0685. The summed E-state index contributed by atoms with van der Waals surface area (Å²) in [5.41, 5.74) is 4.85. The molecule has 2 atom stereocenters. The smallest absolute Gasteiger partial charge is 0.257 e. The van der Waals surface area contributed by atoms with E-state index in [0.717, 1.165) is 37.8 Å². The van der Waals surface area contributed by atoms with Gasteiger partial charge in [-0.15, -0.1) is 0 Å². The Bertz CT molecular complexity index is 547. The van der Waals surface area contributed by atoms with E-state index in [9.17, 15) is 13.6 Å². The third-order valence-electron chi connectivity index (χ3n) is 4.57. The van der Waals surface area contributed by atoms with Gasteiger partial charge < -0.3 is 10.6 Å². The first-order valence-electron chi connectivity index (χ1n) is 7.13. The molecular weight excluding hydrogens is 262 g/mol. The van der Waals surface area contributed by atoms with Gasteiger partial charge in [-0.25, -0.2) is 8.78 Å². The minimum absolute atomic E-state index is 0.181. The minimum atomic E-state index is -0.810. The molecule has 5 heteroatoms. The van der Waals surface area contributed by atoms with Crippen LogP contribution in [0.15, 0.2) is 12.1 Å². The van der Waals surface area contributed by atoms with E-state index in [1.165, 1.54) is 6.42 Å². The lowest BCUT2D eigenvalue weighted by Gasteiger charge is -2.31. The Kier molecular flexibility index (Phi) is 3.36. The Labute approximate surface area is 116 Å². The van der Waals surface area contributed by atoms with Crippen molar-refractivity contribution in [3.8, 4) is 0 Å². The third kappa shape index (κ3) is 2.15. The van der Waals surface area contributed by atoms with Crippen molar-refractivity contribution in [1.82, 2.24) is 4.90 Å². The molecule has 2 unspecified atom stereocenters. The van der Waals surface area contributed by atoms with Gasteiger partial charge in [0.15, 0.2) is 5.82 Å². The topological polar surface area (TPSA) is 46.3 Å². The van der Waals surface area contributed by atoms with Crippen molar-refractivity contribution in [2.24, 2.45) is 5.92 Å². The van der Waals surface area contributed by atoms with Crippen LogP contribution in [0.1, 0.15) is 42.5 Å². The van der Waals surface area contributed by atoms with Gasteiger partial charge in [-0.2, -0.15) is 0 Å². The zero-order valence-electron chi connectivity index (χ0n) is 11.2. The fourth-order valence-corrected chi connectivity index (χ4v) is 3.58. The van der Waals surface area contributed by atoms with E-state index in [0.29, 0.717) is 12.5 Å². The van der Waals surface area contributed by atoms with Gasteiger partial charge >= 0.3 is 0 Å². The number of carbonyl (C=O) groups excluding carboxylic acids is 1. The number of nitrogens with two attached hydrogens (primary N) is 1. The molecule has 1 saturated carbocycles. The van der Waals surface area contributed by atoms with E-state index < -0.39 is 17.5 Å². The highest BCUT2D eigenvalue weighted by Gasteiger charge is 2.39. The molecule has 20 heavy (non-hydrogen) atoms. The molecule has 2 N–H and O–H groups in total. The lowest BCUT2D eigenvalue weighted by Crippen LogP contribution is -2.39. The first kappa shape index (κ1) is 13.3. The number of halogens is 2.